The Balaban J connectivity index is 2.01. The van der Waals surface area contributed by atoms with Crippen LogP contribution in [-0.2, 0) is 11.3 Å². The molecule has 128 valence electrons. The molecule has 0 aromatic heterocycles. The molecule has 0 radical (unpaired) electrons. The van der Waals surface area contributed by atoms with Gasteiger partial charge in [-0.2, -0.15) is 0 Å². The van der Waals surface area contributed by atoms with Gasteiger partial charge in [0.1, 0.15) is 0 Å². The van der Waals surface area contributed by atoms with Crippen LogP contribution in [0.4, 0.5) is 0 Å². The Kier molecular flexibility index (Phi) is 6.30. The number of piperazine rings is 1. The van der Waals surface area contributed by atoms with Crippen molar-refractivity contribution in [1.29, 1.82) is 0 Å². The number of methoxy groups -OCH3 is 2. The first kappa shape index (κ1) is 18.1. The molecule has 1 aliphatic rings. The van der Waals surface area contributed by atoms with Crippen molar-refractivity contribution in [3.05, 3.63) is 22.2 Å². The van der Waals surface area contributed by atoms with Crippen molar-refractivity contribution in [2.45, 2.75) is 20.4 Å². The van der Waals surface area contributed by atoms with Crippen molar-refractivity contribution in [2.75, 3.05) is 40.4 Å². The third kappa shape index (κ3) is 4.18. The molecule has 23 heavy (non-hydrogen) atoms. The number of carbonyl (C=O) groups is 1. The number of nitrogens with zero attached hydrogens (tertiary/aromatic N) is 2. The zero-order valence-electron chi connectivity index (χ0n) is 14.3. The van der Waals surface area contributed by atoms with E-state index in [1.807, 2.05) is 24.8 Å². The summed E-state index contributed by atoms with van der Waals surface area (Å²) in [5.74, 6) is 1.76. The molecular formula is C17H25BrN2O3. The first-order valence-electron chi connectivity index (χ1n) is 7.88. The highest BCUT2D eigenvalue weighted by atomic mass is 79.9. The highest BCUT2D eigenvalue weighted by Crippen LogP contribution is 2.38. The third-order valence-electron chi connectivity index (χ3n) is 4.14. The van der Waals surface area contributed by atoms with Crippen LogP contribution in [0.25, 0.3) is 0 Å². The second kappa shape index (κ2) is 8.02. The van der Waals surface area contributed by atoms with Gasteiger partial charge in [-0.1, -0.05) is 19.9 Å². The lowest BCUT2D eigenvalue weighted by atomic mass is 10.1. The van der Waals surface area contributed by atoms with E-state index in [2.05, 4.69) is 26.9 Å². The fraction of sp³-hybridized carbons (Fsp3) is 0.588. The summed E-state index contributed by atoms with van der Waals surface area (Å²) in [5, 5.41) is 0. The molecule has 5 nitrogen and oxygen atoms in total. The Morgan fingerprint density at radius 3 is 2.35 bits per heavy atom. The Morgan fingerprint density at radius 2 is 1.83 bits per heavy atom. The summed E-state index contributed by atoms with van der Waals surface area (Å²) < 4.78 is 11.7. The molecule has 0 atom stereocenters. The van der Waals surface area contributed by atoms with E-state index in [0.29, 0.717) is 0 Å². The van der Waals surface area contributed by atoms with Crippen molar-refractivity contribution in [1.82, 2.24) is 9.80 Å². The first-order valence-corrected chi connectivity index (χ1v) is 8.67. The molecule has 1 aromatic rings. The van der Waals surface area contributed by atoms with Gasteiger partial charge in [-0.25, -0.2) is 0 Å². The number of hydrogen-bond acceptors (Lipinski definition) is 4. The average molecular weight is 385 g/mol. The lowest BCUT2D eigenvalue weighted by molar-refractivity contribution is -0.136. The Labute approximate surface area is 146 Å². The Hall–Kier alpha value is -1.27. The van der Waals surface area contributed by atoms with Crippen molar-refractivity contribution in [2.24, 2.45) is 5.92 Å². The topological polar surface area (TPSA) is 42.0 Å². The maximum absolute atomic E-state index is 12.0. The fourth-order valence-electron chi connectivity index (χ4n) is 2.78. The van der Waals surface area contributed by atoms with Gasteiger partial charge >= 0.3 is 0 Å². The minimum absolute atomic E-state index is 0.0709. The summed E-state index contributed by atoms with van der Waals surface area (Å²) in [4.78, 5) is 16.4. The van der Waals surface area contributed by atoms with Crippen molar-refractivity contribution in [3.8, 4) is 11.5 Å². The summed E-state index contributed by atoms with van der Waals surface area (Å²) in [6, 6.07) is 3.98. The quantitative estimate of drug-likeness (QED) is 0.782. The Bertz CT molecular complexity index is 555. The van der Waals surface area contributed by atoms with Crippen LogP contribution in [0.5, 0.6) is 11.5 Å². The SMILES string of the molecule is COc1ccc(CN2CCN(C(=O)C(C)C)CC2)c(Br)c1OC. The van der Waals surface area contributed by atoms with E-state index in [1.165, 1.54) is 0 Å². The lowest BCUT2D eigenvalue weighted by Crippen LogP contribution is -2.49. The summed E-state index contributed by atoms with van der Waals surface area (Å²) in [6.45, 7) is 8.10. The molecule has 0 aliphatic carbocycles. The Morgan fingerprint density at radius 1 is 1.17 bits per heavy atom. The van der Waals surface area contributed by atoms with Crippen LogP contribution in [0.3, 0.4) is 0 Å². The predicted octanol–water partition coefficient (Wildman–Crippen LogP) is 2.77. The van der Waals surface area contributed by atoms with Crippen LogP contribution >= 0.6 is 15.9 Å². The molecule has 6 heteroatoms. The van der Waals surface area contributed by atoms with Gasteiger partial charge in [0.05, 0.1) is 18.7 Å². The van der Waals surface area contributed by atoms with E-state index in [0.717, 1.165) is 54.3 Å². The van der Waals surface area contributed by atoms with Crippen LogP contribution in [0, 0.1) is 5.92 Å². The molecule has 1 aliphatic heterocycles. The van der Waals surface area contributed by atoms with Crippen molar-refractivity contribution < 1.29 is 14.3 Å². The molecule has 1 heterocycles. The number of carbonyl (C=O) groups excluding carboxylic acids is 1. The van der Waals surface area contributed by atoms with Gasteiger partial charge in [-0.3, -0.25) is 9.69 Å². The zero-order chi connectivity index (χ0) is 17.0. The van der Waals surface area contributed by atoms with Crippen LogP contribution < -0.4 is 9.47 Å². The van der Waals surface area contributed by atoms with Gasteiger partial charge in [0, 0.05) is 38.6 Å². The smallest absolute Gasteiger partial charge is 0.225 e. The first-order chi connectivity index (χ1) is 11.0. The predicted molar refractivity (Wildman–Crippen MR) is 93.9 cm³/mol. The van der Waals surface area contributed by atoms with E-state index < -0.39 is 0 Å². The molecule has 0 bridgehead atoms. The van der Waals surface area contributed by atoms with E-state index in [4.69, 9.17) is 9.47 Å². The molecule has 2 rings (SSSR count). The van der Waals surface area contributed by atoms with Crippen LogP contribution in [0.2, 0.25) is 0 Å². The van der Waals surface area contributed by atoms with Gasteiger partial charge in [-0.05, 0) is 27.6 Å². The number of hydrogen-bond donors (Lipinski definition) is 0. The van der Waals surface area contributed by atoms with Crippen LogP contribution in [0.1, 0.15) is 19.4 Å². The summed E-state index contributed by atoms with van der Waals surface area (Å²) in [6.07, 6.45) is 0. The number of ether oxygens (including phenoxy) is 2. The third-order valence-corrected chi connectivity index (χ3v) is 5.01. The van der Waals surface area contributed by atoms with Crippen molar-refractivity contribution in [3.63, 3.8) is 0 Å². The maximum Gasteiger partial charge on any atom is 0.225 e. The monoisotopic (exact) mass is 384 g/mol. The standard InChI is InChI=1S/C17H25BrN2O3/c1-12(2)17(21)20-9-7-19(8-10-20)11-13-5-6-14(22-3)16(23-4)15(13)18/h5-6,12H,7-11H2,1-4H3. The summed E-state index contributed by atoms with van der Waals surface area (Å²) in [7, 11) is 3.28. The highest BCUT2D eigenvalue weighted by molar-refractivity contribution is 9.10. The highest BCUT2D eigenvalue weighted by Gasteiger charge is 2.23. The molecule has 1 fully saturated rings. The van der Waals surface area contributed by atoms with Crippen LogP contribution in [0.15, 0.2) is 16.6 Å². The molecule has 0 unspecified atom stereocenters. The molecule has 1 saturated heterocycles. The fourth-order valence-corrected chi connectivity index (χ4v) is 3.40. The maximum atomic E-state index is 12.0. The zero-order valence-corrected chi connectivity index (χ0v) is 15.9. The molecule has 1 amide bonds. The van der Waals surface area contributed by atoms with E-state index in [-0.39, 0.29) is 11.8 Å². The van der Waals surface area contributed by atoms with Gasteiger partial charge in [0.15, 0.2) is 11.5 Å². The van der Waals surface area contributed by atoms with E-state index >= 15 is 0 Å². The molecule has 0 spiro atoms. The van der Waals surface area contributed by atoms with E-state index in [1.54, 1.807) is 14.2 Å². The summed E-state index contributed by atoms with van der Waals surface area (Å²) in [5.41, 5.74) is 1.16. The number of rotatable bonds is 5. The van der Waals surface area contributed by atoms with Crippen molar-refractivity contribution >= 4 is 21.8 Å². The molecule has 1 aromatic carbocycles. The molecule has 0 saturated carbocycles. The van der Waals surface area contributed by atoms with Gasteiger partial charge in [-0.15, -0.1) is 0 Å². The minimum Gasteiger partial charge on any atom is -0.493 e. The average Bonchev–Trinajstić information content (AvgIpc) is 2.56. The number of halogens is 1. The second-order valence-electron chi connectivity index (χ2n) is 6.03. The normalized spacial score (nSPS) is 15.8. The number of benzene rings is 1. The molecular weight excluding hydrogens is 360 g/mol. The number of amides is 1. The van der Waals surface area contributed by atoms with Gasteiger partial charge in [0.25, 0.3) is 0 Å². The second-order valence-corrected chi connectivity index (χ2v) is 6.82. The summed E-state index contributed by atoms with van der Waals surface area (Å²) >= 11 is 3.62. The largest absolute Gasteiger partial charge is 0.493 e. The lowest BCUT2D eigenvalue weighted by Gasteiger charge is -2.35. The van der Waals surface area contributed by atoms with Gasteiger partial charge in [0.2, 0.25) is 5.91 Å². The van der Waals surface area contributed by atoms with Gasteiger partial charge < -0.3 is 14.4 Å². The molecule has 0 N–H and O–H groups in total. The van der Waals surface area contributed by atoms with E-state index in [9.17, 15) is 4.79 Å². The van der Waals surface area contributed by atoms with Crippen LogP contribution in [-0.4, -0.2) is 56.1 Å². The minimum atomic E-state index is 0.0709.